The molecule has 1 aromatic rings. The molecule has 3 heteroatoms. The van der Waals surface area contributed by atoms with E-state index in [9.17, 15) is 4.79 Å². The quantitative estimate of drug-likeness (QED) is 0.917. The molecule has 0 heterocycles. The van der Waals surface area contributed by atoms with Crippen molar-refractivity contribution in [2.45, 2.75) is 45.1 Å². The highest BCUT2D eigenvalue weighted by atomic mass is 16.2. The smallest absolute Gasteiger partial charge is 0.253 e. The molecule has 2 rings (SSSR count). The summed E-state index contributed by atoms with van der Waals surface area (Å²) in [6.07, 6.45) is 5.62. The molecule has 0 spiro atoms. The van der Waals surface area contributed by atoms with Crippen LogP contribution in [0.5, 0.6) is 0 Å². The molecule has 0 saturated heterocycles. The molecule has 20 heavy (non-hydrogen) atoms. The highest BCUT2D eigenvalue weighted by Crippen LogP contribution is 2.27. The molecule has 1 amide bonds. The van der Waals surface area contributed by atoms with Gasteiger partial charge in [-0.1, -0.05) is 31.9 Å². The van der Waals surface area contributed by atoms with Gasteiger partial charge in [0, 0.05) is 18.7 Å². The Labute approximate surface area is 122 Å². The first-order chi connectivity index (χ1) is 9.61. The molecule has 0 aromatic heterocycles. The summed E-state index contributed by atoms with van der Waals surface area (Å²) in [6, 6.07) is 8.27. The van der Waals surface area contributed by atoms with Crippen molar-refractivity contribution in [2.75, 3.05) is 13.6 Å². The molecule has 1 aliphatic carbocycles. The van der Waals surface area contributed by atoms with E-state index in [1.807, 2.05) is 36.2 Å². The summed E-state index contributed by atoms with van der Waals surface area (Å²) in [5, 5.41) is 0. The van der Waals surface area contributed by atoms with Crippen molar-refractivity contribution in [2.24, 2.45) is 11.7 Å². The summed E-state index contributed by atoms with van der Waals surface area (Å²) in [5.41, 5.74) is 7.51. The van der Waals surface area contributed by atoms with E-state index in [2.05, 4.69) is 6.92 Å². The van der Waals surface area contributed by atoms with E-state index < -0.39 is 0 Å². The third-order valence-corrected chi connectivity index (χ3v) is 4.38. The summed E-state index contributed by atoms with van der Waals surface area (Å²) < 4.78 is 0. The zero-order valence-electron chi connectivity index (χ0n) is 12.6. The number of carbonyl (C=O) groups is 1. The summed E-state index contributed by atoms with van der Waals surface area (Å²) in [5.74, 6) is 0.871. The van der Waals surface area contributed by atoms with Crippen LogP contribution in [0.4, 0.5) is 0 Å². The first kappa shape index (κ1) is 15.0. The van der Waals surface area contributed by atoms with Gasteiger partial charge in [0.05, 0.1) is 0 Å². The third-order valence-electron chi connectivity index (χ3n) is 4.38. The van der Waals surface area contributed by atoms with Crippen molar-refractivity contribution < 1.29 is 4.79 Å². The predicted octanol–water partition coefficient (Wildman–Crippen LogP) is 2.84. The Kier molecular flexibility index (Phi) is 5.18. The number of carbonyl (C=O) groups excluding carboxylic acids is 1. The topological polar surface area (TPSA) is 46.3 Å². The van der Waals surface area contributed by atoms with Gasteiger partial charge in [0.25, 0.3) is 5.91 Å². The molecule has 1 fully saturated rings. The molecule has 1 saturated carbocycles. The van der Waals surface area contributed by atoms with Crippen molar-refractivity contribution in [1.82, 2.24) is 4.90 Å². The Bertz CT molecular complexity index is 458. The zero-order chi connectivity index (χ0) is 14.5. The highest BCUT2D eigenvalue weighted by molar-refractivity contribution is 5.94. The fourth-order valence-electron chi connectivity index (χ4n) is 3.15. The first-order valence-corrected chi connectivity index (χ1v) is 7.68. The lowest BCUT2D eigenvalue weighted by Crippen LogP contribution is -2.39. The van der Waals surface area contributed by atoms with Crippen LogP contribution < -0.4 is 5.73 Å². The Morgan fingerprint density at radius 1 is 1.40 bits per heavy atom. The van der Waals surface area contributed by atoms with E-state index in [4.69, 9.17) is 5.73 Å². The van der Waals surface area contributed by atoms with Crippen LogP contribution >= 0.6 is 0 Å². The SMILES string of the molecule is CC1CCCC(N(C)C(=O)c2cccc(CCN)c2)C1. The molecular formula is C17H26N2O. The molecule has 0 bridgehead atoms. The van der Waals surface area contributed by atoms with Gasteiger partial charge < -0.3 is 10.6 Å². The Morgan fingerprint density at radius 2 is 2.20 bits per heavy atom. The average Bonchev–Trinajstić information content (AvgIpc) is 2.46. The number of amides is 1. The van der Waals surface area contributed by atoms with Crippen LogP contribution in [0.3, 0.4) is 0 Å². The van der Waals surface area contributed by atoms with Gasteiger partial charge in [-0.25, -0.2) is 0 Å². The van der Waals surface area contributed by atoms with Crippen molar-refractivity contribution in [1.29, 1.82) is 0 Å². The molecule has 2 N–H and O–H groups in total. The maximum absolute atomic E-state index is 12.6. The second-order valence-electron chi connectivity index (χ2n) is 6.08. The molecule has 110 valence electrons. The van der Waals surface area contributed by atoms with Gasteiger partial charge in [0.1, 0.15) is 0 Å². The molecule has 0 aliphatic heterocycles. The molecular weight excluding hydrogens is 248 g/mol. The van der Waals surface area contributed by atoms with E-state index in [1.54, 1.807) is 0 Å². The lowest BCUT2D eigenvalue weighted by molar-refractivity contribution is 0.0672. The van der Waals surface area contributed by atoms with E-state index in [0.717, 1.165) is 36.3 Å². The summed E-state index contributed by atoms with van der Waals surface area (Å²) in [4.78, 5) is 14.5. The fraction of sp³-hybridized carbons (Fsp3) is 0.588. The monoisotopic (exact) mass is 274 g/mol. The van der Waals surface area contributed by atoms with Crippen LogP contribution in [0, 0.1) is 5.92 Å². The maximum Gasteiger partial charge on any atom is 0.253 e. The maximum atomic E-state index is 12.6. The van der Waals surface area contributed by atoms with Crippen LogP contribution in [-0.4, -0.2) is 30.4 Å². The van der Waals surface area contributed by atoms with Crippen LogP contribution in [0.25, 0.3) is 0 Å². The number of hydrogen-bond acceptors (Lipinski definition) is 2. The summed E-state index contributed by atoms with van der Waals surface area (Å²) in [6.45, 7) is 2.90. The Hall–Kier alpha value is -1.35. The fourth-order valence-corrected chi connectivity index (χ4v) is 3.15. The van der Waals surface area contributed by atoms with Gasteiger partial charge in [-0.05, 0) is 49.4 Å². The first-order valence-electron chi connectivity index (χ1n) is 7.68. The minimum Gasteiger partial charge on any atom is -0.339 e. The van der Waals surface area contributed by atoms with Crippen molar-refractivity contribution in [3.8, 4) is 0 Å². The summed E-state index contributed by atoms with van der Waals surface area (Å²) >= 11 is 0. The van der Waals surface area contributed by atoms with Gasteiger partial charge in [-0.3, -0.25) is 4.79 Å². The molecule has 2 atom stereocenters. The number of nitrogens with two attached hydrogens (primary N) is 1. The largest absolute Gasteiger partial charge is 0.339 e. The van der Waals surface area contributed by atoms with E-state index in [1.165, 1.54) is 12.8 Å². The van der Waals surface area contributed by atoms with Crippen LogP contribution in [0.15, 0.2) is 24.3 Å². The second kappa shape index (κ2) is 6.89. The lowest BCUT2D eigenvalue weighted by atomic mass is 9.86. The molecule has 1 aliphatic rings. The minimum atomic E-state index is 0.142. The molecule has 2 unspecified atom stereocenters. The summed E-state index contributed by atoms with van der Waals surface area (Å²) in [7, 11) is 1.95. The molecule has 3 nitrogen and oxygen atoms in total. The standard InChI is InChI=1S/C17H26N2O/c1-13-5-3-8-16(11-13)19(2)17(20)15-7-4-6-14(12-15)9-10-18/h4,6-7,12-13,16H,3,5,8-11,18H2,1-2H3. The van der Waals surface area contributed by atoms with Crippen LogP contribution in [0.1, 0.15) is 48.5 Å². The van der Waals surface area contributed by atoms with Gasteiger partial charge in [-0.15, -0.1) is 0 Å². The molecule has 1 aromatic carbocycles. The number of hydrogen-bond donors (Lipinski definition) is 1. The number of benzene rings is 1. The minimum absolute atomic E-state index is 0.142. The molecule has 0 radical (unpaired) electrons. The van der Waals surface area contributed by atoms with Crippen molar-refractivity contribution in [3.63, 3.8) is 0 Å². The highest BCUT2D eigenvalue weighted by Gasteiger charge is 2.25. The number of nitrogens with zero attached hydrogens (tertiary/aromatic N) is 1. The van der Waals surface area contributed by atoms with Crippen molar-refractivity contribution >= 4 is 5.91 Å². The normalized spacial score (nSPS) is 22.6. The second-order valence-corrected chi connectivity index (χ2v) is 6.08. The van der Waals surface area contributed by atoms with Crippen LogP contribution in [-0.2, 0) is 6.42 Å². The Morgan fingerprint density at radius 3 is 2.90 bits per heavy atom. The van der Waals surface area contributed by atoms with Gasteiger partial charge in [-0.2, -0.15) is 0 Å². The van der Waals surface area contributed by atoms with Crippen molar-refractivity contribution in [3.05, 3.63) is 35.4 Å². The third kappa shape index (κ3) is 3.60. The van der Waals surface area contributed by atoms with E-state index in [-0.39, 0.29) is 5.91 Å². The zero-order valence-corrected chi connectivity index (χ0v) is 12.6. The average molecular weight is 274 g/mol. The van der Waals surface area contributed by atoms with E-state index in [0.29, 0.717) is 12.6 Å². The number of rotatable bonds is 4. The van der Waals surface area contributed by atoms with Gasteiger partial charge in [0.15, 0.2) is 0 Å². The van der Waals surface area contributed by atoms with Gasteiger partial charge in [0.2, 0.25) is 0 Å². The predicted molar refractivity (Wildman–Crippen MR) is 82.7 cm³/mol. The Balaban J connectivity index is 2.07. The van der Waals surface area contributed by atoms with Crippen LogP contribution in [0.2, 0.25) is 0 Å². The van der Waals surface area contributed by atoms with E-state index >= 15 is 0 Å². The lowest BCUT2D eigenvalue weighted by Gasteiger charge is -2.34. The van der Waals surface area contributed by atoms with Gasteiger partial charge >= 0.3 is 0 Å².